The molecule has 2 fully saturated rings. The quantitative estimate of drug-likeness (QED) is 0.464. The van der Waals surface area contributed by atoms with Gasteiger partial charge in [0, 0.05) is 38.4 Å². The maximum absolute atomic E-state index is 4.32. The number of aliphatic imine (C=N–C) groups is 1. The first kappa shape index (κ1) is 16.4. The Morgan fingerprint density at radius 2 is 2.00 bits per heavy atom. The van der Waals surface area contributed by atoms with Gasteiger partial charge in [-0.15, -0.1) is 24.0 Å². The first-order valence-electron chi connectivity index (χ1n) is 7.62. The van der Waals surface area contributed by atoms with Crippen molar-refractivity contribution in [1.29, 1.82) is 0 Å². The second kappa shape index (κ2) is 7.87. The third kappa shape index (κ3) is 4.76. The molecule has 1 unspecified atom stereocenters. The Balaban J connectivity index is 0.00000161. The number of benzene rings is 1. The van der Waals surface area contributed by atoms with E-state index in [-0.39, 0.29) is 24.0 Å². The van der Waals surface area contributed by atoms with Crippen LogP contribution in [0.15, 0.2) is 35.3 Å². The van der Waals surface area contributed by atoms with Crippen LogP contribution in [0.3, 0.4) is 0 Å². The van der Waals surface area contributed by atoms with Crippen LogP contribution in [0.1, 0.15) is 19.3 Å². The third-order valence-corrected chi connectivity index (χ3v) is 4.13. The van der Waals surface area contributed by atoms with E-state index in [4.69, 9.17) is 0 Å². The number of halogens is 1. The highest BCUT2D eigenvalue weighted by molar-refractivity contribution is 14.0. The number of nitrogens with one attached hydrogen (secondary N) is 2. The Morgan fingerprint density at radius 1 is 1.24 bits per heavy atom. The van der Waals surface area contributed by atoms with Crippen LogP contribution >= 0.6 is 24.0 Å². The second-order valence-electron chi connectivity index (χ2n) is 5.81. The zero-order valence-corrected chi connectivity index (χ0v) is 14.9. The molecule has 21 heavy (non-hydrogen) atoms. The van der Waals surface area contributed by atoms with Crippen LogP contribution in [-0.2, 0) is 0 Å². The fourth-order valence-corrected chi connectivity index (χ4v) is 2.70. The van der Waals surface area contributed by atoms with Crippen molar-refractivity contribution in [3.05, 3.63) is 30.3 Å². The molecule has 0 aromatic heterocycles. The van der Waals surface area contributed by atoms with Crippen molar-refractivity contribution in [3.63, 3.8) is 0 Å². The molecule has 0 amide bonds. The number of anilines is 1. The largest absolute Gasteiger partial charge is 0.369 e. The summed E-state index contributed by atoms with van der Waals surface area (Å²) in [4.78, 5) is 6.76. The Kier molecular flexibility index (Phi) is 6.14. The van der Waals surface area contributed by atoms with Crippen molar-refractivity contribution in [2.24, 2.45) is 10.9 Å². The van der Waals surface area contributed by atoms with Crippen LogP contribution in [0.25, 0.3) is 0 Å². The maximum Gasteiger partial charge on any atom is 0.191 e. The molecule has 2 aliphatic rings. The number of hydrogen-bond donors (Lipinski definition) is 2. The lowest BCUT2D eigenvalue weighted by atomic mass is 10.2. The monoisotopic (exact) mass is 400 g/mol. The van der Waals surface area contributed by atoms with E-state index in [1.807, 2.05) is 7.05 Å². The molecule has 1 atom stereocenters. The predicted molar refractivity (Wildman–Crippen MR) is 99.7 cm³/mol. The van der Waals surface area contributed by atoms with E-state index in [1.54, 1.807) is 0 Å². The predicted octanol–water partition coefficient (Wildman–Crippen LogP) is 2.46. The van der Waals surface area contributed by atoms with Gasteiger partial charge in [-0.1, -0.05) is 18.2 Å². The molecule has 2 N–H and O–H groups in total. The van der Waals surface area contributed by atoms with Gasteiger partial charge in [-0.3, -0.25) is 4.99 Å². The summed E-state index contributed by atoms with van der Waals surface area (Å²) in [6.07, 6.45) is 3.91. The molecule has 3 rings (SSSR count). The topological polar surface area (TPSA) is 39.7 Å². The number of para-hydroxylation sites is 1. The fraction of sp³-hybridized carbons (Fsp3) is 0.562. The molecule has 1 aliphatic carbocycles. The fourth-order valence-electron chi connectivity index (χ4n) is 2.70. The average Bonchev–Trinajstić information content (AvgIpc) is 3.21. The molecule has 1 heterocycles. The van der Waals surface area contributed by atoms with E-state index in [0.717, 1.165) is 31.5 Å². The van der Waals surface area contributed by atoms with Gasteiger partial charge in [-0.2, -0.15) is 0 Å². The molecule has 1 aliphatic heterocycles. The molecule has 1 aromatic carbocycles. The summed E-state index contributed by atoms with van der Waals surface area (Å²) in [7, 11) is 1.85. The number of hydrogen-bond acceptors (Lipinski definition) is 2. The van der Waals surface area contributed by atoms with Gasteiger partial charge < -0.3 is 15.5 Å². The van der Waals surface area contributed by atoms with E-state index in [2.05, 4.69) is 50.9 Å². The lowest BCUT2D eigenvalue weighted by Gasteiger charge is -2.20. The molecule has 0 spiro atoms. The minimum Gasteiger partial charge on any atom is -0.369 e. The van der Waals surface area contributed by atoms with Crippen molar-refractivity contribution < 1.29 is 0 Å². The summed E-state index contributed by atoms with van der Waals surface area (Å²) >= 11 is 0. The van der Waals surface area contributed by atoms with E-state index in [1.165, 1.54) is 24.9 Å². The SMILES string of the molecule is CN=C(NCC1CC1)NC1CCN(c2ccccc2)C1.I. The molecule has 0 radical (unpaired) electrons. The van der Waals surface area contributed by atoms with Gasteiger partial charge >= 0.3 is 0 Å². The van der Waals surface area contributed by atoms with E-state index in [0.29, 0.717) is 6.04 Å². The van der Waals surface area contributed by atoms with Gasteiger partial charge in [0.05, 0.1) is 0 Å². The molecule has 0 bridgehead atoms. The molecule has 1 saturated carbocycles. The Bertz CT molecular complexity index is 459. The minimum atomic E-state index is 0. The normalized spacial score (nSPS) is 21.9. The van der Waals surface area contributed by atoms with Crippen LogP contribution in [0.5, 0.6) is 0 Å². The van der Waals surface area contributed by atoms with E-state index < -0.39 is 0 Å². The van der Waals surface area contributed by atoms with Gasteiger partial charge in [-0.25, -0.2) is 0 Å². The van der Waals surface area contributed by atoms with Crippen LogP contribution < -0.4 is 15.5 Å². The maximum atomic E-state index is 4.32. The van der Waals surface area contributed by atoms with Crippen molar-refractivity contribution in [2.75, 3.05) is 31.6 Å². The second-order valence-corrected chi connectivity index (χ2v) is 5.81. The van der Waals surface area contributed by atoms with Crippen molar-refractivity contribution in [2.45, 2.75) is 25.3 Å². The van der Waals surface area contributed by atoms with Crippen LogP contribution in [0.4, 0.5) is 5.69 Å². The zero-order valence-electron chi connectivity index (χ0n) is 12.6. The lowest BCUT2D eigenvalue weighted by molar-refractivity contribution is 0.641. The molecular weight excluding hydrogens is 375 g/mol. The minimum absolute atomic E-state index is 0. The Morgan fingerprint density at radius 3 is 2.67 bits per heavy atom. The molecule has 4 nitrogen and oxygen atoms in total. The van der Waals surface area contributed by atoms with Crippen molar-refractivity contribution >= 4 is 35.6 Å². The summed E-state index contributed by atoms with van der Waals surface area (Å²) in [5, 5.41) is 6.98. The first-order chi connectivity index (χ1) is 9.85. The van der Waals surface area contributed by atoms with Gasteiger partial charge in [-0.05, 0) is 37.3 Å². The highest BCUT2D eigenvalue weighted by Gasteiger charge is 2.24. The van der Waals surface area contributed by atoms with Gasteiger partial charge in [0.2, 0.25) is 0 Å². The molecule has 1 aromatic rings. The van der Waals surface area contributed by atoms with Gasteiger partial charge in [0.25, 0.3) is 0 Å². The number of nitrogens with zero attached hydrogens (tertiary/aromatic N) is 2. The summed E-state index contributed by atoms with van der Waals surface area (Å²) in [5.74, 6) is 1.83. The number of guanidine groups is 1. The zero-order chi connectivity index (χ0) is 13.8. The average molecular weight is 400 g/mol. The summed E-state index contributed by atoms with van der Waals surface area (Å²) in [6, 6.07) is 11.1. The van der Waals surface area contributed by atoms with Crippen molar-refractivity contribution in [1.82, 2.24) is 10.6 Å². The third-order valence-electron chi connectivity index (χ3n) is 4.13. The highest BCUT2D eigenvalue weighted by atomic mass is 127. The van der Waals surface area contributed by atoms with Crippen LogP contribution in [-0.4, -0.2) is 38.7 Å². The Labute approximate surface area is 144 Å². The molecular formula is C16H25IN4. The summed E-state index contributed by atoms with van der Waals surface area (Å²) in [6.45, 7) is 3.23. The highest BCUT2D eigenvalue weighted by Crippen LogP contribution is 2.27. The molecule has 1 saturated heterocycles. The smallest absolute Gasteiger partial charge is 0.191 e. The standard InChI is InChI=1S/C16H24N4.HI/c1-17-16(18-11-13-7-8-13)19-14-9-10-20(12-14)15-5-3-2-4-6-15;/h2-6,13-14H,7-12H2,1H3,(H2,17,18,19);1H. The summed E-state index contributed by atoms with van der Waals surface area (Å²) < 4.78 is 0. The number of rotatable bonds is 4. The van der Waals surface area contributed by atoms with E-state index >= 15 is 0 Å². The van der Waals surface area contributed by atoms with Gasteiger partial charge in [0.1, 0.15) is 0 Å². The first-order valence-corrected chi connectivity index (χ1v) is 7.62. The molecule has 5 heteroatoms. The van der Waals surface area contributed by atoms with Gasteiger partial charge in [0.15, 0.2) is 5.96 Å². The van der Waals surface area contributed by atoms with Crippen LogP contribution in [0, 0.1) is 5.92 Å². The Hall–Kier alpha value is -0.980. The van der Waals surface area contributed by atoms with Crippen LogP contribution in [0.2, 0.25) is 0 Å². The van der Waals surface area contributed by atoms with E-state index in [9.17, 15) is 0 Å². The summed E-state index contributed by atoms with van der Waals surface area (Å²) in [5.41, 5.74) is 1.32. The molecule has 116 valence electrons. The lowest BCUT2D eigenvalue weighted by Crippen LogP contribution is -2.45. The van der Waals surface area contributed by atoms with Crippen molar-refractivity contribution in [3.8, 4) is 0 Å².